The van der Waals surface area contributed by atoms with E-state index in [0.29, 0.717) is 0 Å². The van der Waals surface area contributed by atoms with Crippen molar-refractivity contribution >= 4 is 87.4 Å². The molecule has 0 saturated carbocycles. The predicted molar refractivity (Wildman–Crippen MR) is 202 cm³/mol. The molecule has 0 aliphatic heterocycles. The molecular weight excluding hydrogens is 572 g/mol. The maximum absolute atomic E-state index is 6.71. The van der Waals surface area contributed by atoms with Gasteiger partial charge in [-0.2, -0.15) is 0 Å². The van der Waals surface area contributed by atoms with Crippen molar-refractivity contribution in [1.82, 2.24) is 8.80 Å². The van der Waals surface area contributed by atoms with Gasteiger partial charge < -0.3 is 13.2 Å². The van der Waals surface area contributed by atoms with Crippen molar-refractivity contribution in [1.29, 1.82) is 0 Å². The van der Waals surface area contributed by atoms with Crippen molar-refractivity contribution in [2.45, 2.75) is 78.6 Å². The molecule has 3 heteroatoms. The highest BCUT2D eigenvalue weighted by Gasteiger charge is 2.31. The van der Waals surface area contributed by atoms with Gasteiger partial charge in [0, 0.05) is 43.1 Å². The quantitative estimate of drug-likeness (QED) is 0.167. The van der Waals surface area contributed by atoms with Crippen LogP contribution in [-0.4, -0.2) is 8.80 Å². The molecule has 0 N–H and O–H groups in total. The normalized spacial score (nSPS) is 14.1. The average molecular weight is 613 g/mol. The Hall–Kier alpha value is -4.76. The molecule has 0 bridgehead atoms. The number of furan rings is 1. The number of nitrogens with zero attached hydrogens (tertiary/aromatic N) is 2. The van der Waals surface area contributed by atoms with E-state index in [1.165, 1.54) is 92.9 Å². The maximum atomic E-state index is 6.71. The Morgan fingerprint density at radius 1 is 0.447 bits per heavy atom. The standard InChI is InChI=1S/C44H40N2O/c1-42(2,3)23-14-17-31-27(20-23)28-21-24(43(4,5)6)22-29-36-32(45(31)38(28)29)18-19-33-35(36)26-15-16-30(44(7,8)9)37-39(26)46(33)40-25-12-10-11-13-34(25)47-41(37)40/h10-22H,1-9H3. The van der Waals surface area contributed by atoms with Crippen LogP contribution in [0.4, 0.5) is 0 Å². The topological polar surface area (TPSA) is 22.0 Å². The second-order valence-electron chi connectivity index (χ2n) is 17.1. The summed E-state index contributed by atoms with van der Waals surface area (Å²) < 4.78 is 11.8. The zero-order chi connectivity index (χ0) is 32.5. The van der Waals surface area contributed by atoms with Crippen LogP contribution < -0.4 is 0 Å². The molecule has 5 aromatic heterocycles. The summed E-state index contributed by atoms with van der Waals surface area (Å²) >= 11 is 0. The summed E-state index contributed by atoms with van der Waals surface area (Å²) in [4.78, 5) is 0. The van der Waals surface area contributed by atoms with Crippen molar-refractivity contribution in [2.75, 3.05) is 0 Å². The minimum absolute atomic E-state index is 0.0101. The molecule has 0 atom stereocenters. The van der Waals surface area contributed by atoms with Crippen LogP contribution in [0.1, 0.15) is 79.0 Å². The molecule has 232 valence electrons. The monoisotopic (exact) mass is 612 g/mol. The summed E-state index contributed by atoms with van der Waals surface area (Å²) in [6.07, 6.45) is 0. The number of aromatic nitrogens is 2. The molecule has 3 nitrogen and oxygen atoms in total. The molecule has 0 aliphatic carbocycles. The van der Waals surface area contributed by atoms with Crippen LogP contribution in [0.15, 0.2) is 83.3 Å². The molecule has 0 unspecified atom stereocenters. The molecular formula is C44H40N2O. The van der Waals surface area contributed by atoms with Crippen LogP contribution in [0.5, 0.6) is 0 Å². The minimum atomic E-state index is -0.0380. The smallest absolute Gasteiger partial charge is 0.161 e. The molecule has 0 saturated heterocycles. The number of hydrogen-bond acceptors (Lipinski definition) is 1. The lowest BCUT2D eigenvalue weighted by Gasteiger charge is -2.20. The van der Waals surface area contributed by atoms with E-state index in [-0.39, 0.29) is 16.2 Å². The number of benzene rings is 5. The highest BCUT2D eigenvalue weighted by atomic mass is 16.3. The number of hydrogen-bond donors (Lipinski definition) is 0. The number of rotatable bonds is 0. The fourth-order valence-electron chi connectivity index (χ4n) is 8.64. The van der Waals surface area contributed by atoms with Crippen molar-refractivity contribution in [2.24, 2.45) is 0 Å². The van der Waals surface area contributed by atoms with E-state index in [0.717, 1.165) is 11.2 Å². The highest BCUT2D eigenvalue weighted by Crippen LogP contribution is 2.51. The van der Waals surface area contributed by atoms with Gasteiger partial charge in [0.05, 0.1) is 27.6 Å². The Kier molecular flexibility index (Phi) is 4.77. The zero-order valence-corrected chi connectivity index (χ0v) is 28.8. The molecule has 10 aromatic rings. The van der Waals surface area contributed by atoms with Gasteiger partial charge in [0.2, 0.25) is 0 Å². The molecule has 0 radical (unpaired) electrons. The largest absolute Gasteiger partial charge is 0.454 e. The van der Waals surface area contributed by atoms with Gasteiger partial charge in [0.15, 0.2) is 5.58 Å². The van der Waals surface area contributed by atoms with Gasteiger partial charge in [-0.1, -0.05) is 92.6 Å². The van der Waals surface area contributed by atoms with E-state index in [1.54, 1.807) is 0 Å². The summed E-state index contributed by atoms with van der Waals surface area (Å²) in [6.45, 7) is 20.9. The molecule has 5 heterocycles. The maximum Gasteiger partial charge on any atom is 0.161 e. The van der Waals surface area contributed by atoms with Crippen LogP contribution in [0, 0.1) is 0 Å². The van der Waals surface area contributed by atoms with Gasteiger partial charge in [0.25, 0.3) is 0 Å². The van der Waals surface area contributed by atoms with E-state index in [2.05, 4.69) is 150 Å². The fraction of sp³-hybridized carbons (Fsp3) is 0.273. The Morgan fingerprint density at radius 3 is 1.81 bits per heavy atom. The van der Waals surface area contributed by atoms with Gasteiger partial charge in [-0.25, -0.2) is 0 Å². The minimum Gasteiger partial charge on any atom is -0.454 e. The lowest BCUT2D eigenvalue weighted by atomic mass is 9.83. The summed E-state index contributed by atoms with van der Waals surface area (Å²) in [5, 5.41) is 10.5. The summed E-state index contributed by atoms with van der Waals surface area (Å²) in [5.74, 6) is 0. The Balaban J connectivity index is 1.48. The lowest BCUT2D eigenvalue weighted by Crippen LogP contribution is -2.11. The molecule has 0 amide bonds. The molecule has 0 fully saturated rings. The SMILES string of the molecule is CC(C)(C)c1ccc2c(c1)c1cc(C(C)(C)C)cc3c4c5c6ccc(C(C)(C)C)c7c8oc9ccccc9c8n(c5ccc4n2c13)c67. The Morgan fingerprint density at radius 2 is 1.09 bits per heavy atom. The van der Waals surface area contributed by atoms with E-state index >= 15 is 0 Å². The van der Waals surface area contributed by atoms with Gasteiger partial charge in [0.1, 0.15) is 11.1 Å². The van der Waals surface area contributed by atoms with Gasteiger partial charge in [-0.15, -0.1) is 0 Å². The first-order valence-corrected chi connectivity index (χ1v) is 17.0. The molecule has 5 aromatic carbocycles. The number of fused-ring (bicyclic) bond motifs is 15. The second-order valence-corrected chi connectivity index (χ2v) is 17.1. The van der Waals surface area contributed by atoms with Crippen molar-refractivity contribution in [3.8, 4) is 0 Å². The van der Waals surface area contributed by atoms with Crippen molar-refractivity contribution in [3.63, 3.8) is 0 Å². The van der Waals surface area contributed by atoms with E-state index in [9.17, 15) is 0 Å². The van der Waals surface area contributed by atoms with Crippen molar-refractivity contribution < 1.29 is 4.42 Å². The molecule has 47 heavy (non-hydrogen) atoms. The third-order valence-electron chi connectivity index (χ3n) is 11.0. The van der Waals surface area contributed by atoms with Crippen LogP contribution >= 0.6 is 0 Å². The van der Waals surface area contributed by atoms with Gasteiger partial charge in [-0.05, 0) is 81.5 Å². The first kappa shape index (κ1) is 27.4. The highest BCUT2D eigenvalue weighted by molar-refractivity contribution is 6.36. The van der Waals surface area contributed by atoms with Crippen LogP contribution in [0.25, 0.3) is 87.4 Å². The first-order chi connectivity index (χ1) is 22.2. The van der Waals surface area contributed by atoms with Crippen molar-refractivity contribution in [3.05, 3.63) is 95.6 Å². The molecule has 0 aliphatic rings. The van der Waals surface area contributed by atoms with E-state index in [4.69, 9.17) is 4.42 Å². The van der Waals surface area contributed by atoms with E-state index < -0.39 is 0 Å². The zero-order valence-electron chi connectivity index (χ0n) is 28.8. The van der Waals surface area contributed by atoms with Crippen LogP contribution in [0.3, 0.4) is 0 Å². The van der Waals surface area contributed by atoms with Crippen LogP contribution in [0.2, 0.25) is 0 Å². The average Bonchev–Trinajstić information content (AvgIpc) is 3.78. The third-order valence-corrected chi connectivity index (χ3v) is 11.0. The summed E-state index contributed by atoms with van der Waals surface area (Å²) in [7, 11) is 0. The second kappa shape index (κ2) is 8.20. The van der Waals surface area contributed by atoms with Gasteiger partial charge in [-0.3, -0.25) is 0 Å². The lowest BCUT2D eigenvalue weighted by molar-refractivity contribution is 0.590. The van der Waals surface area contributed by atoms with Crippen LogP contribution in [-0.2, 0) is 16.2 Å². The summed E-state index contributed by atoms with van der Waals surface area (Å²) in [6, 6.07) is 30.1. The van der Waals surface area contributed by atoms with E-state index in [1.807, 2.05) is 0 Å². The molecule has 10 rings (SSSR count). The third kappa shape index (κ3) is 3.28. The molecule has 0 spiro atoms. The first-order valence-electron chi connectivity index (χ1n) is 17.0. The predicted octanol–water partition coefficient (Wildman–Crippen LogP) is 12.6. The fourth-order valence-corrected chi connectivity index (χ4v) is 8.64. The Bertz CT molecular complexity index is 2940. The Labute approximate surface area is 274 Å². The summed E-state index contributed by atoms with van der Waals surface area (Å²) in [5.41, 5.74) is 13.7. The number of para-hydroxylation sites is 1. The van der Waals surface area contributed by atoms with Gasteiger partial charge >= 0.3 is 0 Å².